The summed E-state index contributed by atoms with van der Waals surface area (Å²) < 4.78 is 38.9. The Morgan fingerprint density at radius 2 is 1.92 bits per heavy atom. The first-order chi connectivity index (χ1) is 23.6. The van der Waals surface area contributed by atoms with Crippen molar-refractivity contribution in [2.24, 2.45) is 5.41 Å². The molecule has 2 N–H and O–H groups in total. The summed E-state index contributed by atoms with van der Waals surface area (Å²) >= 11 is 0. The number of fused-ring (bicyclic) bond motifs is 1. The third-order valence-corrected chi connectivity index (χ3v) is 11.3. The van der Waals surface area contributed by atoms with E-state index in [9.17, 15) is 23.3 Å². The third-order valence-electron chi connectivity index (χ3n) is 9.69. The maximum Gasteiger partial charge on any atom is 0.293 e. The molecule has 0 radical (unpaired) electrons. The van der Waals surface area contributed by atoms with Gasteiger partial charge in [-0.05, 0) is 88.0 Å². The molecule has 2 aromatic heterocycles. The van der Waals surface area contributed by atoms with Gasteiger partial charge >= 0.3 is 0 Å². The standard InChI is InChI=1S/C35H42N6O7S/c1-3-40(4-2)26-5-7-29(33(20-26)48-27-19-25-9-13-37-34(25)38-22-27)32(42)23-49(45,46)28-6-8-30(31(21-28)41(43)44)36-14-17-39-15-10-35(11-16-39)12-18-47-24-35/h5-9,13,19-22,36H,3-4,10-12,14-18,23-24H2,1-2H3,(H,37,38). The molecule has 0 atom stereocenters. The van der Waals surface area contributed by atoms with E-state index in [0.29, 0.717) is 43.0 Å². The summed E-state index contributed by atoms with van der Waals surface area (Å²) in [5.41, 5.74) is 1.71. The lowest BCUT2D eigenvalue weighted by atomic mass is 9.78. The summed E-state index contributed by atoms with van der Waals surface area (Å²) in [6, 6.07) is 12.4. The molecule has 2 aliphatic rings. The molecule has 0 unspecified atom stereocenters. The minimum Gasteiger partial charge on any atom is -0.455 e. The second kappa shape index (κ2) is 14.5. The van der Waals surface area contributed by atoms with Crippen LogP contribution in [-0.2, 0) is 14.6 Å². The molecule has 2 saturated heterocycles. The van der Waals surface area contributed by atoms with Gasteiger partial charge in [-0.25, -0.2) is 13.4 Å². The summed E-state index contributed by atoms with van der Waals surface area (Å²) in [5, 5.41) is 16.0. The number of carbonyl (C=O) groups excluding carboxylic acids is 1. The summed E-state index contributed by atoms with van der Waals surface area (Å²) in [5.74, 6) is -1.03. The van der Waals surface area contributed by atoms with Crippen LogP contribution in [0.3, 0.4) is 0 Å². The molecule has 2 fully saturated rings. The van der Waals surface area contributed by atoms with Crippen LogP contribution in [0.4, 0.5) is 17.1 Å². The number of anilines is 2. The number of piperidine rings is 1. The van der Waals surface area contributed by atoms with Crippen LogP contribution in [0.1, 0.15) is 43.5 Å². The molecule has 0 amide bonds. The molecular weight excluding hydrogens is 648 g/mol. The highest BCUT2D eigenvalue weighted by atomic mass is 32.2. The first-order valence-electron chi connectivity index (χ1n) is 16.7. The Balaban J connectivity index is 1.17. The van der Waals surface area contributed by atoms with Crippen molar-refractivity contribution in [1.29, 1.82) is 0 Å². The van der Waals surface area contributed by atoms with Crippen LogP contribution in [0.25, 0.3) is 11.0 Å². The number of ketones is 1. The van der Waals surface area contributed by atoms with E-state index in [0.717, 1.165) is 62.7 Å². The van der Waals surface area contributed by atoms with Crippen LogP contribution in [0.15, 0.2) is 65.8 Å². The fourth-order valence-corrected chi connectivity index (χ4v) is 7.93. The number of Topliss-reactive ketones (excluding diaryl/α,β-unsaturated/α-hetero) is 1. The number of nitro groups is 1. The van der Waals surface area contributed by atoms with Gasteiger partial charge in [-0.2, -0.15) is 0 Å². The van der Waals surface area contributed by atoms with Gasteiger partial charge in [0.15, 0.2) is 15.6 Å². The predicted molar refractivity (Wildman–Crippen MR) is 188 cm³/mol. The molecule has 1 spiro atoms. The second-order valence-corrected chi connectivity index (χ2v) is 14.7. The van der Waals surface area contributed by atoms with Crippen molar-refractivity contribution in [3.63, 3.8) is 0 Å². The number of aromatic nitrogens is 2. The van der Waals surface area contributed by atoms with Crippen LogP contribution in [0, 0.1) is 15.5 Å². The Kier molecular flexibility index (Phi) is 10.2. The maximum atomic E-state index is 13.6. The largest absolute Gasteiger partial charge is 0.455 e. The van der Waals surface area contributed by atoms with Crippen LogP contribution in [0.5, 0.6) is 11.5 Å². The Bertz CT molecular complexity index is 1930. The summed E-state index contributed by atoms with van der Waals surface area (Å²) in [6.45, 7) is 10.2. The van der Waals surface area contributed by atoms with Crippen molar-refractivity contribution in [3.8, 4) is 11.5 Å². The van der Waals surface area contributed by atoms with E-state index >= 15 is 0 Å². The molecule has 4 heterocycles. The quantitative estimate of drug-likeness (QED) is 0.0952. The maximum absolute atomic E-state index is 13.6. The second-order valence-electron chi connectivity index (χ2n) is 12.7. The van der Waals surface area contributed by atoms with Crippen molar-refractivity contribution in [2.45, 2.75) is 38.0 Å². The number of H-pyrrole nitrogens is 1. The molecule has 0 saturated carbocycles. The smallest absolute Gasteiger partial charge is 0.293 e. The van der Waals surface area contributed by atoms with Crippen LogP contribution >= 0.6 is 0 Å². The Hall–Kier alpha value is -4.53. The number of ether oxygens (including phenoxy) is 2. The number of likely N-dealkylation sites (tertiary alicyclic amines) is 1. The van der Waals surface area contributed by atoms with Crippen molar-refractivity contribution in [1.82, 2.24) is 14.9 Å². The first kappa shape index (κ1) is 34.3. The van der Waals surface area contributed by atoms with Crippen LogP contribution in [0.2, 0.25) is 0 Å². The zero-order chi connectivity index (χ0) is 34.6. The van der Waals surface area contributed by atoms with Gasteiger partial charge in [0.25, 0.3) is 5.69 Å². The van der Waals surface area contributed by atoms with Gasteiger partial charge in [-0.1, -0.05) is 0 Å². The molecule has 49 heavy (non-hydrogen) atoms. The minimum absolute atomic E-state index is 0.0746. The normalized spacial score (nSPS) is 16.2. The van der Waals surface area contributed by atoms with Crippen molar-refractivity contribution in [2.75, 3.05) is 68.5 Å². The average Bonchev–Trinajstić information content (AvgIpc) is 3.76. The van der Waals surface area contributed by atoms with Crippen LogP contribution < -0.4 is 15.0 Å². The molecule has 14 heteroatoms. The number of benzene rings is 2. The number of nitrogens with one attached hydrogen (secondary N) is 2. The van der Waals surface area contributed by atoms with E-state index in [2.05, 4.69) is 25.1 Å². The van der Waals surface area contributed by atoms with Gasteiger partial charge in [-0.3, -0.25) is 14.9 Å². The minimum atomic E-state index is -4.26. The molecule has 0 aliphatic carbocycles. The Labute approximate surface area is 285 Å². The van der Waals surface area contributed by atoms with E-state index in [1.807, 2.05) is 19.9 Å². The van der Waals surface area contributed by atoms with Crippen molar-refractivity contribution in [3.05, 3.63) is 76.6 Å². The Morgan fingerprint density at radius 3 is 2.63 bits per heavy atom. The van der Waals surface area contributed by atoms with E-state index < -0.39 is 26.3 Å². The number of hydrogen-bond donors (Lipinski definition) is 2. The molecule has 2 aromatic carbocycles. The van der Waals surface area contributed by atoms with Gasteiger partial charge in [0.05, 0.1) is 28.2 Å². The average molecular weight is 691 g/mol. The number of carbonyl (C=O) groups is 1. The lowest BCUT2D eigenvalue weighted by Gasteiger charge is -2.38. The van der Waals surface area contributed by atoms with E-state index in [4.69, 9.17) is 9.47 Å². The van der Waals surface area contributed by atoms with Gasteiger partial charge < -0.3 is 29.6 Å². The van der Waals surface area contributed by atoms with Crippen LogP contribution in [-0.4, -0.2) is 92.2 Å². The van der Waals surface area contributed by atoms with E-state index in [1.54, 1.807) is 30.5 Å². The zero-order valence-electron chi connectivity index (χ0n) is 27.8. The predicted octanol–water partition coefficient (Wildman–Crippen LogP) is 5.68. The molecule has 13 nitrogen and oxygen atoms in total. The number of nitrogens with zero attached hydrogens (tertiary/aromatic N) is 4. The van der Waals surface area contributed by atoms with Gasteiger partial charge in [0, 0.05) is 62.2 Å². The number of aromatic amines is 1. The molecule has 0 bridgehead atoms. The molecule has 6 rings (SSSR count). The van der Waals surface area contributed by atoms with Crippen molar-refractivity contribution >= 4 is 43.7 Å². The van der Waals surface area contributed by atoms with Crippen molar-refractivity contribution < 1.29 is 27.6 Å². The van der Waals surface area contributed by atoms with Gasteiger partial charge in [0.2, 0.25) is 0 Å². The number of nitro benzene ring substituents is 1. The van der Waals surface area contributed by atoms with E-state index in [-0.39, 0.29) is 27.6 Å². The molecular formula is C35H42N6O7S. The molecule has 260 valence electrons. The number of pyridine rings is 1. The zero-order valence-corrected chi connectivity index (χ0v) is 28.6. The molecule has 4 aromatic rings. The summed E-state index contributed by atoms with van der Waals surface area (Å²) in [6.07, 6.45) is 6.54. The van der Waals surface area contributed by atoms with Gasteiger partial charge in [0.1, 0.15) is 28.6 Å². The highest BCUT2D eigenvalue weighted by Crippen LogP contribution is 2.39. The monoisotopic (exact) mass is 690 g/mol. The SMILES string of the molecule is CCN(CC)c1ccc(C(=O)CS(=O)(=O)c2ccc(NCCN3CCC4(CCOC4)CC3)c([N+](=O)[O-])c2)c(Oc2cnc3[nH]ccc3c2)c1. The third kappa shape index (κ3) is 7.71. The highest BCUT2D eigenvalue weighted by molar-refractivity contribution is 7.92. The lowest BCUT2D eigenvalue weighted by Crippen LogP contribution is -2.42. The lowest BCUT2D eigenvalue weighted by molar-refractivity contribution is -0.384. The fraction of sp³-hybridized carbons (Fsp3) is 0.429. The molecule has 2 aliphatic heterocycles. The van der Waals surface area contributed by atoms with E-state index in [1.165, 1.54) is 18.3 Å². The fourth-order valence-electron chi connectivity index (χ4n) is 6.70. The summed E-state index contributed by atoms with van der Waals surface area (Å²) in [7, 11) is -4.26. The number of rotatable bonds is 14. The number of hydrogen-bond acceptors (Lipinski definition) is 11. The summed E-state index contributed by atoms with van der Waals surface area (Å²) in [4.78, 5) is 36.5. The first-order valence-corrected chi connectivity index (χ1v) is 18.3. The Morgan fingerprint density at radius 1 is 1.12 bits per heavy atom. The van der Waals surface area contributed by atoms with Gasteiger partial charge in [-0.15, -0.1) is 0 Å². The number of sulfone groups is 1. The highest BCUT2D eigenvalue weighted by Gasteiger charge is 2.37. The topological polar surface area (TPSA) is 160 Å².